The number of carbonyl (C=O) groups is 2. The summed E-state index contributed by atoms with van der Waals surface area (Å²) in [6.07, 6.45) is 3.76. The molecule has 2 atom stereocenters. The van der Waals surface area contributed by atoms with Crippen molar-refractivity contribution < 1.29 is 14.3 Å². The SMILES string of the molecule is C=CCCOC(C)C(=O)NCC1C(=O)N=C(C)C=C1C. The standard InChI is InChI=1S/C15H22N2O3/c1-5-6-7-20-12(4)14(18)16-9-13-10(2)8-11(3)17-15(13)19/h5,8,12-13H,1,6-7,9H2,2-4H3,(H,16,18). The average Bonchev–Trinajstić information content (AvgIpc) is 2.37. The Bertz CT molecular complexity index is 452. The third-order valence-electron chi connectivity index (χ3n) is 3.11. The lowest BCUT2D eigenvalue weighted by atomic mass is 9.96. The van der Waals surface area contributed by atoms with Gasteiger partial charge in [-0.25, -0.2) is 4.99 Å². The van der Waals surface area contributed by atoms with E-state index in [0.717, 1.165) is 5.57 Å². The van der Waals surface area contributed by atoms with E-state index in [2.05, 4.69) is 16.9 Å². The number of ether oxygens (including phenoxy) is 1. The highest BCUT2D eigenvalue weighted by molar-refractivity contribution is 6.05. The molecule has 0 aromatic rings. The molecule has 0 aliphatic carbocycles. The van der Waals surface area contributed by atoms with Gasteiger partial charge in [0.25, 0.3) is 5.91 Å². The summed E-state index contributed by atoms with van der Waals surface area (Å²) in [5.41, 5.74) is 1.62. The van der Waals surface area contributed by atoms with Crippen molar-refractivity contribution >= 4 is 17.5 Å². The molecule has 2 amide bonds. The summed E-state index contributed by atoms with van der Waals surface area (Å²) in [6, 6.07) is 0. The van der Waals surface area contributed by atoms with Crippen LogP contribution in [0.3, 0.4) is 0 Å². The van der Waals surface area contributed by atoms with Gasteiger partial charge in [-0.1, -0.05) is 11.6 Å². The number of nitrogens with zero attached hydrogens (tertiary/aromatic N) is 1. The number of hydrogen-bond acceptors (Lipinski definition) is 3. The van der Waals surface area contributed by atoms with E-state index in [1.54, 1.807) is 19.9 Å². The summed E-state index contributed by atoms with van der Waals surface area (Å²) in [4.78, 5) is 27.5. The van der Waals surface area contributed by atoms with Gasteiger partial charge < -0.3 is 10.1 Å². The molecule has 0 bridgehead atoms. The molecule has 5 heteroatoms. The van der Waals surface area contributed by atoms with E-state index in [0.29, 0.717) is 18.7 Å². The number of carbonyl (C=O) groups excluding carboxylic acids is 2. The zero-order valence-corrected chi connectivity index (χ0v) is 12.3. The minimum Gasteiger partial charge on any atom is -0.368 e. The van der Waals surface area contributed by atoms with Gasteiger partial charge in [-0.2, -0.15) is 0 Å². The summed E-state index contributed by atoms with van der Waals surface area (Å²) in [7, 11) is 0. The van der Waals surface area contributed by atoms with Crippen LogP contribution in [0.2, 0.25) is 0 Å². The van der Waals surface area contributed by atoms with Crippen molar-refractivity contribution in [2.75, 3.05) is 13.2 Å². The molecule has 20 heavy (non-hydrogen) atoms. The van der Waals surface area contributed by atoms with Crippen LogP contribution in [0.25, 0.3) is 0 Å². The Labute approximate surface area is 119 Å². The molecule has 1 aliphatic rings. The largest absolute Gasteiger partial charge is 0.368 e. The van der Waals surface area contributed by atoms with Crippen molar-refractivity contribution in [3.8, 4) is 0 Å². The number of nitrogens with one attached hydrogen (secondary N) is 1. The average molecular weight is 278 g/mol. The van der Waals surface area contributed by atoms with Gasteiger partial charge in [0, 0.05) is 12.3 Å². The molecule has 110 valence electrons. The second kappa shape index (κ2) is 7.75. The summed E-state index contributed by atoms with van der Waals surface area (Å²) in [6.45, 7) is 9.65. The monoisotopic (exact) mass is 278 g/mol. The quantitative estimate of drug-likeness (QED) is 0.568. The van der Waals surface area contributed by atoms with E-state index in [-0.39, 0.29) is 24.3 Å². The van der Waals surface area contributed by atoms with E-state index in [9.17, 15) is 9.59 Å². The summed E-state index contributed by atoms with van der Waals surface area (Å²) >= 11 is 0. The molecule has 1 aliphatic heterocycles. The fourth-order valence-electron chi connectivity index (χ4n) is 1.91. The molecule has 0 radical (unpaired) electrons. The van der Waals surface area contributed by atoms with Crippen molar-refractivity contribution in [3.63, 3.8) is 0 Å². The van der Waals surface area contributed by atoms with Crippen LogP contribution in [0, 0.1) is 5.92 Å². The first-order valence-electron chi connectivity index (χ1n) is 6.73. The Hall–Kier alpha value is -1.75. The van der Waals surface area contributed by atoms with Crippen LogP contribution in [-0.2, 0) is 14.3 Å². The van der Waals surface area contributed by atoms with Gasteiger partial charge in [-0.15, -0.1) is 6.58 Å². The van der Waals surface area contributed by atoms with Crippen molar-refractivity contribution in [1.29, 1.82) is 0 Å². The normalized spacial score (nSPS) is 19.9. The van der Waals surface area contributed by atoms with Crippen molar-refractivity contribution in [1.82, 2.24) is 5.32 Å². The lowest BCUT2D eigenvalue weighted by molar-refractivity contribution is -0.132. The van der Waals surface area contributed by atoms with Gasteiger partial charge in [0.1, 0.15) is 6.10 Å². The predicted molar refractivity (Wildman–Crippen MR) is 78.6 cm³/mol. The first kappa shape index (κ1) is 16.3. The maximum atomic E-state index is 11.8. The lowest BCUT2D eigenvalue weighted by Crippen LogP contribution is -2.40. The van der Waals surface area contributed by atoms with E-state index in [1.165, 1.54) is 0 Å². The van der Waals surface area contributed by atoms with Crippen LogP contribution in [0.15, 0.2) is 29.3 Å². The number of amides is 2. The molecule has 1 N–H and O–H groups in total. The molecule has 0 saturated heterocycles. The molecule has 1 heterocycles. The minimum atomic E-state index is -0.539. The number of dihydropyridines is 1. The zero-order valence-electron chi connectivity index (χ0n) is 12.3. The van der Waals surface area contributed by atoms with E-state index in [4.69, 9.17) is 4.74 Å². The van der Waals surface area contributed by atoms with Crippen molar-refractivity contribution in [2.24, 2.45) is 10.9 Å². The number of hydrogen-bond donors (Lipinski definition) is 1. The summed E-state index contributed by atoms with van der Waals surface area (Å²) < 4.78 is 5.34. The Balaban J connectivity index is 2.43. The first-order valence-corrected chi connectivity index (χ1v) is 6.73. The number of aliphatic imine (C=N–C) groups is 1. The maximum absolute atomic E-state index is 11.8. The first-order chi connectivity index (χ1) is 9.45. The highest BCUT2D eigenvalue weighted by Crippen LogP contribution is 2.16. The van der Waals surface area contributed by atoms with E-state index in [1.807, 2.05) is 13.0 Å². The van der Waals surface area contributed by atoms with Gasteiger partial charge >= 0.3 is 0 Å². The molecule has 5 nitrogen and oxygen atoms in total. The smallest absolute Gasteiger partial charge is 0.254 e. The number of allylic oxidation sites excluding steroid dienone is 1. The van der Waals surface area contributed by atoms with Crippen LogP contribution in [0.1, 0.15) is 27.2 Å². The van der Waals surface area contributed by atoms with Gasteiger partial charge in [0.2, 0.25) is 5.91 Å². The van der Waals surface area contributed by atoms with Crippen molar-refractivity contribution in [2.45, 2.75) is 33.3 Å². The van der Waals surface area contributed by atoms with Gasteiger partial charge in [0.15, 0.2) is 0 Å². The number of rotatable bonds is 7. The fourth-order valence-corrected chi connectivity index (χ4v) is 1.91. The van der Waals surface area contributed by atoms with Crippen molar-refractivity contribution in [3.05, 3.63) is 24.3 Å². The van der Waals surface area contributed by atoms with Gasteiger partial charge in [-0.3, -0.25) is 9.59 Å². The molecular weight excluding hydrogens is 256 g/mol. The molecule has 0 aromatic heterocycles. The van der Waals surface area contributed by atoms with Crippen LogP contribution in [0.5, 0.6) is 0 Å². The molecule has 2 unspecified atom stereocenters. The van der Waals surface area contributed by atoms with Gasteiger partial charge in [-0.05, 0) is 33.3 Å². The third kappa shape index (κ3) is 4.74. The molecule has 1 rings (SSSR count). The highest BCUT2D eigenvalue weighted by atomic mass is 16.5. The predicted octanol–water partition coefficient (Wildman–Crippen LogP) is 1.65. The third-order valence-corrected chi connectivity index (χ3v) is 3.11. The topological polar surface area (TPSA) is 67.8 Å². The Kier molecular flexibility index (Phi) is 6.31. The van der Waals surface area contributed by atoms with Crippen LogP contribution in [-0.4, -0.2) is 36.8 Å². The second-order valence-corrected chi connectivity index (χ2v) is 4.87. The van der Waals surface area contributed by atoms with Gasteiger partial charge in [0.05, 0.1) is 12.5 Å². The molecule has 0 fully saturated rings. The Morgan fingerprint density at radius 2 is 2.30 bits per heavy atom. The van der Waals surface area contributed by atoms with Crippen LogP contribution < -0.4 is 5.32 Å². The minimum absolute atomic E-state index is 0.206. The zero-order chi connectivity index (χ0) is 15.1. The maximum Gasteiger partial charge on any atom is 0.254 e. The molecule has 0 saturated carbocycles. The molecule has 0 spiro atoms. The molecule has 0 aromatic carbocycles. The summed E-state index contributed by atoms with van der Waals surface area (Å²) in [5, 5.41) is 2.73. The summed E-state index contributed by atoms with van der Waals surface area (Å²) in [5.74, 6) is -0.799. The van der Waals surface area contributed by atoms with E-state index >= 15 is 0 Å². The Morgan fingerprint density at radius 1 is 1.60 bits per heavy atom. The highest BCUT2D eigenvalue weighted by Gasteiger charge is 2.24. The molecular formula is C15H22N2O3. The van der Waals surface area contributed by atoms with E-state index < -0.39 is 6.10 Å². The fraction of sp³-hybridized carbons (Fsp3) is 0.533. The lowest BCUT2D eigenvalue weighted by Gasteiger charge is -2.20. The Morgan fingerprint density at radius 3 is 2.90 bits per heavy atom. The van der Waals surface area contributed by atoms with Crippen LogP contribution in [0.4, 0.5) is 0 Å². The second-order valence-electron chi connectivity index (χ2n) is 4.87. The van der Waals surface area contributed by atoms with Crippen LogP contribution >= 0.6 is 0 Å².